The molecule has 0 amide bonds. The van der Waals surface area contributed by atoms with Crippen LogP contribution in [0.5, 0.6) is 5.75 Å². The van der Waals surface area contributed by atoms with Crippen LogP contribution in [0.2, 0.25) is 0 Å². The monoisotopic (exact) mass is 190 g/mol. The van der Waals surface area contributed by atoms with Gasteiger partial charge in [-0.2, -0.15) is 0 Å². The molecule has 68 valence electrons. The van der Waals surface area contributed by atoms with Crippen molar-refractivity contribution in [2.75, 3.05) is 0 Å². The van der Waals surface area contributed by atoms with E-state index in [0.717, 1.165) is 5.56 Å². The van der Waals surface area contributed by atoms with Crippen LogP contribution in [0, 0.1) is 6.92 Å². The summed E-state index contributed by atoms with van der Waals surface area (Å²) in [7, 11) is -2.62. The van der Waals surface area contributed by atoms with Gasteiger partial charge in [-0.3, -0.25) is 0 Å². The van der Waals surface area contributed by atoms with Crippen molar-refractivity contribution in [3.8, 4) is 5.75 Å². The molecule has 0 saturated carbocycles. The van der Waals surface area contributed by atoms with Crippen molar-refractivity contribution in [1.29, 1.82) is 0 Å². The lowest BCUT2D eigenvalue weighted by molar-refractivity contribution is 0.368. The minimum atomic E-state index is -2.62. The zero-order valence-corrected chi connectivity index (χ0v) is 7.44. The molecule has 0 atom stereocenters. The first kappa shape index (κ1) is 11.3. The van der Waals surface area contributed by atoms with Crippen molar-refractivity contribution in [2.24, 2.45) is 0 Å². The van der Waals surface area contributed by atoms with Gasteiger partial charge in [0.05, 0.1) is 0 Å². The lowest BCUT2D eigenvalue weighted by Gasteiger charge is -1.92. The van der Waals surface area contributed by atoms with Crippen molar-refractivity contribution < 1.29 is 19.8 Å². The first-order valence-electron chi connectivity index (χ1n) is 3.15. The molecule has 1 rings (SSSR count). The van der Waals surface area contributed by atoms with E-state index in [-0.39, 0.29) is 0 Å². The number of phenolic OH excluding ortho intramolecular Hbond substituents is 1. The van der Waals surface area contributed by atoms with Gasteiger partial charge in [0.1, 0.15) is 5.75 Å². The van der Waals surface area contributed by atoms with Gasteiger partial charge in [-0.25, -0.2) is 0 Å². The Kier molecular flexibility index (Phi) is 5.58. The number of aromatic hydroxyl groups is 1. The van der Waals surface area contributed by atoms with Gasteiger partial charge >= 0.3 is 8.60 Å². The van der Waals surface area contributed by atoms with Crippen molar-refractivity contribution in [3.63, 3.8) is 0 Å². The SMILES string of the molecule is Cc1ccccc1O.OP(O)O. The smallest absolute Gasteiger partial charge is 0.324 e. The third-order valence-electron chi connectivity index (χ3n) is 1.12. The molecule has 0 saturated heterocycles. The van der Waals surface area contributed by atoms with Crippen LogP contribution in [0.1, 0.15) is 5.56 Å². The highest BCUT2D eigenvalue weighted by molar-refractivity contribution is 7.38. The topological polar surface area (TPSA) is 80.9 Å². The summed E-state index contributed by atoms with van der Waals surface area (Å²) in [5, 5.41) is 8.92. The Morgan fingerprint density at radius 1 is 1.08 bits per heavy atom. The van der Waals surface area contributed by atoms with Crippen LogP contribution < -0.4 is 0 Å². The quantitative estimate of drug-likeness (QED) is 0.458. The number of para-hydroxylation sites is 1. The zero-order valence-electron chi connectivity index (χ0n) is 6.55. The third-order valence-corrected chi connectivity index (χ3v) is 1.12. The number of hydrogen-bond donors (Lipinski definition) is 4. The summed E-state index contributed by atoms with van der Waals surface area (Å²) in [6, 6.07) is 7.25. The fraction of sp³-hybridized carbons (Fsp3) is 0.143. The van der Waals surface area contributed by atoms with Crippen LogP contribution in [-0.4, -0.2) is 19.8 Å². The Balaban J connectivity index is 0.000000261. The molecule has 12 heavy (non-hydrogen) atoms. The van der Waals surface area contributed by atoms with Crippen molar-refractivity contribution >= 4 is 8.60 Å². The summed E-state index contributed by atoms with van der Waals surface area (Å²) in [6.07, 6.45) is 0. The normalized spacial score (nSPS) is 9.08. The van der Waals surface area contributed by atoms with Gasteiger partial charge in [-0.1, -0.05) is 18.2 Å². The first-order chi connectivity index (χ1) is 5.54. The Morgan fingerprint density at radius 3 is 1.75 bits per heavy atom. The van der Waals surface area contributed by atoms with E-state index in [4.69, 9.17) is 19.8 Å². The summed E-state index contributed by atoms with van der Waals surface area (Å²) in [5.74, 6) is 0.368. The van der Waals surface area contributed by atoms with E-state index < -0.39 is 8.60 Å². The highest BCUT2D eigenvalue weighted by Gasteiger charge is 1.86. The average Bonchev–Trinajstić information content (AvgIpc) is 1.94. The largest absolute Gasteiger partial charge is 0.508 e. The molecular formula is C7H11O4P. The van der Waals surface area contributed by atoms with E-state index in [1.165, 1.54) is 0 Å². The molecule has 0 aliphatic heterocycles. The van der Waals surface area contributed by atoms with Gasteiger partial charge < -0.3 is 19.8 Å². The predicted molar refractivity (Wildman–Crippen MR) is 46.4 cm³/mol. The molecule has 5 heteroatoms. The molecule has 0 heterocycles. The zero-order chi connectivity index (χ0) is 9.56. The second-order valence-electron chi connectivity index (χ2n) is 2.05. The summed E-state index contributed by atoms with van der Waals surface area (Å²) in [6.45, 7) is 1.87. The molecule has 0 aliphatic carbocycles. The summed E-state index contributed by atoms with van der Waals surface area (Å²) < 4.78 is 0. The minimum absolute atomic E-state index is 0.368. The van der Waals surface area contributed by atoms with Crippen LogP contribution >= 0.6 is 8.60 Å². The van der Waals surface area contributed by atoms with Crippen molar-refractivity contribution in [3.05, 3.63) is 29.8 Å². The molecule has 0 aromatic heterocycles. The standard InChI is InChI=1S/C7H8O.H3O3P/c1-6-4-2-3-5-7(6)8;1-4(2)3/h2-5,8H,1H3;1-3H. The number of hydrogen-bond acceptors (Lipinski definition) is 4. The van der Waals surface area contributed by atoms with Crippen LogP contribution in [0.4, 0.5) is 0 Å². The second-order valence-corrected chi connectivity index (χ2v) is 2.59. The van der Waals surface area contributed by atoms with Crippen LogP contribution in [0.15, 0.2) is 24.3 Å². The summed E-state index contributed by atoms with van der Waals surface area (Å²) in [5.41, 5.74) is 0.924. The molecule has 1 aromatic rings. The lowest BCUT2D eigenvalue weighted by atomic mass is 10.2. The van der Waals surface area contributed by atoms with Crippen LogP contribution in [-0.2, 0) is 0 Å². The fourth-order valence-corrected chi connectivity index (χ4v) is 0.563. The van der Waals surface area contributed by atoms with Crippen LogP contribution in [0.3, 0.4) is 0 Å². The van der Waals surface area contributed by atoms with E-state index in [0.29, 0.717) is 5.75 Å². The van der Waals surface area contributed by atoms with E-state index in [1.54, 1.807) is 6.07 Å². The number of aryl methyl sites for hydroxylation is 1. The number of rotatable bonds is 0. The highest BCUT2D eigenvalue weighted by Crippen LogP contribution is 2.12. The van der Waals surface area contributed by atoms with E-state index in [9.17, 15) is 0 Å². The first-order valence-corrected chi connectivity index (χ1v) is 4.35. The Labute approximate surface area is 71.7 Å². The molecule has 0 bridgehead atoms. The summed E-state index contributed by atoms with van der Waals surface area (Å²) in [4.78, 5) is 21.7. The molecule has 0 unspecified atom stereocenters. The van der Waals surface area contributed by atoms with Crippen LogP contribution in [0.25, 0.3) is 0 Å². The Hall–Kier alpha value is -0.670. The Morgan fingerprint density at radius 2 is 1.50 bits per heavy atom. The van der Waals surface area contributed by atoms with Crippen molar-refractivity contribution in [1.82, 2.24) is 0 Å². The molecule has 0 radical (unpaired) electrons. The maximum atomic E-state index is 8.92. The third kappa shape index (κ3) is 6.07. The molecule has 0 spiro atoms. The maximum absolute atomic E-state index is 8.92. The second kappa shape index (κ2) is 5.91. The van der Waals surface area contributed by atoms with Gasteiger partial charge in [0, 0.05) is 0 Å². The predicted octanol–water partition coefficient (Wildman–Crippen LogP) is 0.891. The highest BCUT2D eigenvalue weighted by atomic mass is 31.2. The number of phenols is 1. The van der Waals surface area contributed by atoms with E-state index in [2.05, 4.69) is 0 Å². The molecular weight excluding hydrogens is 179 g/mol. The van der Waals surface area contributed by atoms with Gasteiger partial charge in [-0.15, -0.1) is 0 Å². The average molecular weight is 190 g/mol. The van der Waals surface area contributed by atoms with Gasteiger partial charge in [-0.05, 0) is 18.6 Å². The van der Waals surface area contributed by atoms with E-state index in [1.807, 2.05) is 25.1 Å². The van der Waals surface area contributed by atoms with Gasteiger partial charge in [0.25, 0.3) is 0 Å². The molecule has 0 fully saturated rings. The van der Waals surface area contributed by atoms with E-state index >= 15 is 0 Å². The minimum Gasteiger partial charge on any atom is -0.508 e. The molecule has 1 aromatic carbocycles. The maximum Gasteiger partial charge on any atom is 0.324 e. The fourth-order valence-electron chi connectivity index (χ4n) is 0.563. The molecule has 4 N–H and O–H groups in total. The lowest BCUT2D eigenvalue weighted by Crippen LogP contribution is -1.68. The molecule has 4 nitrogen and oxygen atoms in total. The summed E-state index contributed by atoms with van der Waals surface area (Å²) >= 11 is 0. The van der Waals surface area contributed by atoms with Crippen molar-refractivity contribution in [2.45, 2.75) is 6.92 Å². The van der Waals surface area contributed by atoms with Gasteiger partial charge in [0.15, 0.2) is 0 Å². The Bertz CT molecular complexity index is 203. The van der Waals surface area contributed by atoms with Gasteiger partial charge in [0.2, 0.25) is 0 Å². The number of benzene rings is 1. The molecule has 0 aliphatic rings.